The van der Waals surface area contributed by atoms with Crippen LogP contribution in [0.25, 0.3) is 10.9 Å². The van der Waals surface area contributed by atoms with Gasteiger partial charge < -0.3 is 34.5 Å². The van der Waals surface area contributed by atoms with E-state index in [-0.39, 0.29) is 35.5 Å². The average Bonchev–Trinajstić information content (AvgIpc) is 3.01. The van der Waals surface area contributed by atoms with Crippen LogP contribution in [0.2, 0.25) is 0 Å². The normalized spacial score (nSPS) is 15.5. The Bertz CT molecular complexity index is 1940. The standard InChI is InChI=1S/C36H41N5O10/c1-20-26(12-9-21-10-13-27(42)39-29(20)21)40-14-15-49-30(32(40)46)25(17-28(43)44)31(45)38-24-11-8-22(18-37)23(16-24)19-41(33(47)50-35(2,3)4)34(48)51-36(5,6)7/h8-13,16,25,30H,14-15,17,19H2,1-7H3,(H,38,45)(H,39,42)(H,43,44)/t25-,30-/m1/s1. The molecule has 0 saturated carbocycles. The maximum atomic E-state index is 13.9. The highest BCUT2D eigenvalue weighted by Crippen LogP contribution is 2.31. The maximum absolute atomic E-state index is 13.9. The number of aromatic amines is 1. The molecule has 2 heterocycles. The molecule has 15 heteroatoms. The Morgan fingerprint density at radius 2 is 1.67 bits per heavy atom. The summed E-state index contributed by atoms with van der Waals surface area (Å²) in [5, 5.41) is 22.9. The van der Waals surface area contributed by atoms with Crippen molar-refractivity contribution in [2.24, 2.45) is 5.92 Å². The number of carboxylic acids is 1. The van der Waals surface area contributed by atoms with Gasteiger partial charge in [0.15, 0.2) is 0 Å². The number of ether oxygens (including phenoxy) is 3. The summed E-state index contributed by atoms with van der Waals surface area (Å²) in [7, 11) is 0. The van der Waals surface area contributed by atoms with Crippen LogP contribution in [0.4, 0.5) is 21.0 Å². The minimum Gasteiger partial charge on any atom is -0.481 e. The first-order valence-electron chi connectivity index (χ1n) is 16.1. The Balaban J connectivity index is 1.63. The molecule has 3 aromatic rings. The summed E-state index contributed by atoms with van der Waals surface area (Å²) in [5.41, 5.74) is -0.348. The molecule has 1 aliphatic heterocycles. The van der Waals surface area contributed by atoms with E-state index in [0.717, 1.165) is 5.39 Å². The molecule has 15 nitrogen and oxygen atoms in total. The number of carbonyl (C=O) groups is 5. The summed E-state index contributed by atoms with van der Waals surface area (Å²) in [6, 6.07) is 12.6. The fraction of sp³-hybridized carbons (Fsp3) is 0.417. The number of nitrogens with zero attached hydrogens (tertiary/aromatic N) is 3. The molecule has 2 aromatic carbocycles. The predicted molar refractivity (Wildman–Crippen MR) is 185 cm³/mol. The van der Waals surface area contributed by atoms with Crippen molar-refractivity contribution in [3.05, 3.63) is 69.5 Å². The summed E-state index contributed by atoms with van der Waals surface area (Å²) in [6.45, 7) is 11.1. The summed E-state index contributed by atoms with van der Waals surface area (Å²) >= 11 is 0. The van der Waals surface area contributed by atoms with Crippen LogP contribution in [-0.2, 0) is 35.1 Å². The lowest BCUT2D eigenvalue weighted by Gasteiger charge is -2.36. The average molecular weight is 704 g/mol. The third kappa shape index (κ3) is 9.49. The number of nitriles is 1. The van der Waals surface area contributed by atoms with Crippen LogP contribution in [0.3, 0.4) is 0 Å². The number of fused-ring (bicyclic) bond motifs is 1. The number of nitrogens with one attached hydrogen (secondary N) is 2. The van der Waals surface area contributed by atoms with Crippen LogP contribution in [-0.4, -0.2) is 75.4 Å². The van der Waals surface area contributed by atoms with Gasteiger partial charge in [-0.05, 0) is 95.3 Å². The summed E-state index contributed by atoms with van der Waals surface area (Å²) in [4.78, 5) is 82.7. The van der Waals surface area contributed by atoms with Gasteiger partial charge in [-0.2, -0.15) is 5.26 Å². The molecule has 0 radical (unpaired) electrons. The van der Waals surface area contributed by atoms with Gasteiger partial charge in [0.25, 0.3) is 5.91 Å². The van der Waals surface area contributed by atoms with Crippen LogP contribution in [0.5, 0.6) is 0 Å². The van der Waals surface area contributed by atoms with Gasteiger partial charge in [0, 0.05) is 24.0 Å². The second-order valence-electron chi connectivity index (χ2n) is 14.0. The number of aliphatic carboxylic acids is 1. The molecule has 2 atom stereocenters. The number of H-pyrrole nitrogens is 1. The Hall–Kier alpha value is -5.75. The number of anilines is 2. The zero-order chi connectivity index (χ0) is 37.8. The zero-order valence-electron chi connectivity index (χ0n) is 29.5. The van der Waals surface area contributed by atoms with Crippen molar-refractivity contribution in [3.8, 4) is 6.07 Å². The van der Waals surface area contributed by atoms with Gasteiger partial charge in [-0.25, -0.2) is 14.5 Å². The highest BCUT2D eigenvalue weighted by Gasteiger charge is 2.42. The Kier molecular flexibility index (Phi) is 11.2. The molecule has 51 heavy (non-hydrogen) atoms. The lowest BCUT2D eigenvalue weighted by molar-refractivity contribution is -0.149. The minimum absolute atomic E-state index is 0.00519. The number of carbonyl (C=O) groups excluding carboxylic acids is 4. The number of amides is 4. The quantitative estimate of drug-likeness (QED) is 0.289. The van der Waals surface area contributed by atoms with Gasteiger partial charge in [-0.15, -0.1) is 0 Å². The number of aromatic nitrogens is 1. The van der Waals surface area contributed by atoms with E-state index in [1.165, 1.54) is 29.2 Å². The highest BCUT2D eigenvalue weighted by atomic mass is 16.6. The number of aryl methyl sites for hydroxylation is 1. The first-order chi connectivity index (χ1) is 23.8. The van der Waals surface area contributed by atoms with Crippen LogP contribution in [0, 0.1) is 24.2 Å². The molecule has 270 valence electrons. The van der Waals surface area contributed by atoms with E-state index < -0.39 is 66.2 Å². The van der Waals surface area contributed by atoms with Gasteiger partial charge in [0.05, 0.1) is 42.6 Å². The van der Waals surface area contributed by atoms with E-state index in [9.17, 15) is 39.1 Å². The van der Waals surface area contributed by atoms with Crippen molar-refractivity contribution in [2.45, 2.75) is 78.7 Å². The number of hydrogen-bond acceptors (Lipinski definition) is 10. The first-order valence-corrected chi connectivity index (χ1v) is 16.1. The lowest BCUT2D eigenvalue weighted by atomic mass is 9.94. The first kappa shape index (κ1) is 38.1. The molecule has 1 fully saturated rings. The second kappa shape index (κ2) is 15.0. The second-order valence-corrected chi connectivity index (χ2v) is 14.0. The van der Waals surface area contributed by atoms with E-state index in [1.807, 2.05) is 6.07 Å². The Labute approximate surface area is 294 Å². The van der Waals surface area contributed by atoms with Gasteiger partial charge >= 0.3 is 18.2 Å². The predicted octanol–water partition coefficient (Wildman–Crippen LogP) is 4.84. The topological polar surface area (TPSA) is 208 Å². The van der Waals surface area contributed by atoms with Crippen LogP contribution in [0.15, 0.2) is 47.3 Å². The molecule has 4 amide bonds. The number of hydrogen-bond donors (Lipinski definition) is 3. The molecule has 0 spiro atoms. The number of pyridine rings is 1. The molecule has 0 bridgehead atoms. The van der Waals surface area contributed by atoms with Crippen molar-refractivity contribution in [1.29, 1.82) is 5.26 Å². The SMILES string of the molecule is Cc1c(N2CCO[C@H]([C@@H](CC(=O)O)C(=O)Nc3ccc(C#N)c(CN(C(=O)OC(C)(C)C)C(=O)OC(C)(C)C)c3)C2=O)ccc2ccc(=O)[nH]c12. The molecule has 0 aliphatic carbocycles. The number of carboxylic acid groups (broad SMARTS) is 1. The molecular weight excluding hydrogens is 662 g/mol. The third-order valence-corrected chi connectivity index (χ3v) is 7.69. The monoisotopic (exact) mass is 703 g/mol. The molecule has 3 N–H and O–H groups in total. The van der Waals surface area contributed by atoms with Gasteiger partial charge in [0.2, 0.25) is 11.5 Å². The Morgan fingerprint density at radius 3 is 2.25 bits per heavy atom. The minimum atomic E-state index is -1.49. The van der Waals surface area contributed by atoms with E-state index >= 15 is 0 Å². The summed E-state index contributed by atoms with van der Waals surface area (Å²) < 4.78 is 16.5. The van der Waals surface area contributed by atoms with Crippen molar-refractivity contribution in [3.63, 3.8) is 0 Å². The van der Waals surface area contributed by atoms with Gasteiger partial charge in [-0.1, -0.05) is 6.07 Å². The van der Waals surface area contributed by atoms with Crippen LogP contribution >= 0.6 is 0 Å². The molecule has 1 aliphatic rings. The number of morpholine rings is 1. The van der Waals surface area contributed by atoms with Crippen molar-refractivity contribution >= 4 is 52.2 Å². The van der Waals surface area contributed by atoms with Crippen LogP contribution < -0.4 is 15.8 Å². The molecule has 1 saturated heterocycles. The number of imide groups is 1. The number of benzene rings is 2. The van der Waals surface area contributed by atoms with Crippen molar-refractivity contribution in [2.75, 3.05) is 23.4 Å². The number of rotatable bonds is 8. The zero-order valence-corrected chi connectivity index (χ0v) is 29.5. The van der Waals surface area contributed by atoms with E-state index in [2.05, 4.69) is 10.3 Å². The Morgan fingerprint density at radius 1 is 1.04 bits per heavy atom. The highest BCUT2D eigenvalue weighted by molar-refractivity contribution is 6.05. The lowest BCUT2D eigenvalue weighted by Crippen LogP contribution is -2.53. The van der Waals surface area contributed by atoms with E-state index in [4.69, 9.17) is 14.2 Å². The molecule has 4 rings (SSSR count). The smallest absolute Gasteiger partial charge is 0.420 e. The largest absolute Gasteiger partial charge is 0.481 e. The van der Waals surface area contributed by atoms with Crippen molar-refractivity contribution in [1.82, 2.24) is 9.88 Å². The van der Waals surface area contributed by atoms with Crippen molar-refractivity contribution < 1.29 is 43.3 Å². The van der Waals surface area contributed by atoms with Crippen LogP contribution in [0.1, 0.15) is 64.7 Å². The summed E-state index contributed by atoms with van der Waals surface area (Å²) in [5.74, 6) is -4.34. The third-order valence-electron chi connectivity index (χ3n) is 7.69. The summed E-state index contributed by atoms with van der Waals surface area (Å²) in [6.07, 6.45) is -4.29. The van der Waals surface area contributed by atoms with Gasteiger partial charge in [0.1, 0.15) is 17.3 Å². The molecule has 1 aromatic heterocycles. The van der Waals surface area contributed by atoms with Gasteiger partial charge in [-0.3, -0.25) is 19.2 Å². The van der Waals surface area contributed by atoms with E-state index in [0.29, 0.717) is 21.7 Å². The van der Waals surface area contributed by atoms with E-state index in [1.54, 1.807) is 66.7 Å². The fourth-order valence-corrected chi connectivity index (χ4v) is 5.46. The fourth-order valence-electron chi connectivity index (χ4n) is 5.46. The maximum Gasteiger partial charge on any atom is 0.420 e. The molecule has 0 unspecified atom stereocenters. The molecular formula is C36H41N5O10.